The van der Waals surface area contributed by atoms with Crippen LogP contribution in [0.25, 0.3) is 0 Å². The molecule has 1 aliphatic heterocycles. The maximum atomic E-state index is 12.2. The third kappa shape index (κ3) is 4.59. The normalized spacial score (nSPS) is 28.1. The van der Waals surface area contributed by atoms with Crippen LogP contribution in [0.3, 0.4) is 0 Å². The van der Waals surface area contributed by atoms with Crippen molar-refractivity contribution in [3.8, 4) is 0 Å². The van der Waals surface area contributed by atoms with Gasteiger partial charge in [-0.05, 0) is 46.5 Å². The SMILES string of the molecule is CO[C@H]1CN(C(=O)OC(C)(C)C)CC1NC(C)C1CCCC1. The summed E-state index contributed by atoms with van der Waals surface area (Å²) in [5, 5.41) is 3.70. The van der Waals surface area contributed by atoms with Gasteiger partial charge in [0.05, 0.1) is 18.7 Å². The summed E-state index contributed by atoms with van der Waals surface area (Å²) in [7, 11) is 1.72. The summed E-state index contributed by atoms with van der Waals surface area (Å²) in [6, 6.07) is 0.664. The number of nitrogens with one attached hydrogen (secondary N) is 1. The van der Waals surface area contributed by atoms with Crippen LogP contribution >= 0.6 is 0 Å². The number of ether oxygens (including phenoxy) is 2. The van der Waals surface area contributed by atoms with Crippen molar-refractivity contribution in [2.75, 3.05) is 20.2 Å². The van der Waals surface area contributed by atoms with Crippen molar-refractivity contribution < 1.29 is 14.3 Å². The van der Waals surface area contributed by atoms with Crippen molar-refractivity contribution in [1.29, 1.82) is 0 Å². The Morgan fingerprint density at radius 3 is 2.41 bits per heavy atom. The lowest BCUT2D eigenvalue weighted by Crippen LogP contribution is -2.47. The Morgan fingerprint density at radius 1 is 1.23 bits per heavy atom. The second-order valence-electron chi connectivity index (χ2n) is 7.77. The van der Waals surface area contributed by atoms with E-state index in [2.05, 4.69) is 12.2 Å². The van der Waals surface area contributed by atoms with Crippen LogP contribution < -0.4 is 5.32 Å². The highest BCUT2D eigenvalue weighted by atomic mass is 16.6. The number of hydrogen-bond acceptors (Lipinski definition) is 4. The number of carbonyl (C=O) groups is 1. The molecule has 5 heteroatoms. The molecule has 2 fully saturated rings. The third-order valence-electron chi connectivity index (χ3n) is 4.80. The van der Waals surface area contributed by atoms with Gasteiger partial charge >= 0.3 is 6.09 Å². The van der Waals surface area contributed by atoms with E-state index in [0.29, 0.717) is 19.1 Å². The third-order valence-corrected chi connectivity index (χ3v) is 4.80. The monoisotopic (exact) mass is 312 g/mol. The van der Waals surface area contributed by atoms with E-state index in [1.807, 2.05) is 20.8 Å². The Bertz CT molecular complexity index is 375. The Kier molecular flexibility index (Phi) is 5.72. The number of carbonyl (C=O) groups excluding carboxylic acids is 1. The first-order valence-electron chi connectivity index (χ1n) is 8.57. The zero-order chi connectivity index (χ0) is 16.3. The first kappa shape index (κ1) is 17.5. The molecule has 1 heterocycles. The molecule has 0 aromatic carbocycles. The molecule has 0 radical (unpaired) electrons. The summed E-state index contributed by atoms with van der Waals surface area (Å²) in [6.07, 6.45) is 5.12. The molecule has 22 heavy (non-hydrogen) atoms. The first-order chi connectivity index (χ1) is 10.3. The summed E-state index contributed by atoms with van der Waals surface area (Å²) >= 11 is 0. The minimum atomic E-state index is -0.456. The highest BCUT2D eigenvalue weighted by molar-refractivity contribution is 5.68. The number of hydrogen-bond donors (Lipinski definition) is 1. The lowest BCUT2D eigenvalue weighted by atomic mass is 9.98. The number of likely N-dealkylation sites (tertiary alicyclic amines) is 1. The van der Waals surface area contributed by atoms with Gasteiger partial charge in [-0.15, -0.1) is 0 Å². The van der Waals surface area contributed by atoms with Crippen LogP contribution in [0.2, 0.25) is 0 Å². The van der Waals surface area contributed by atoms with E-state index >= 15 is 0 Å². The number of amides is 1. The minimum absolute atomic E-state index is 0.0383. The Labute approximate surface area is 134 Å². The Balaban J connectivity index is 1.90. The van der Waals surface area contributed by atoms with E-state index < -0.39 is 5.60 Å². The van der Waals surface area contributed by atoms with Crippen molar-refractivity contribution in [2.45, 2.75) is 77.2 Å². The van der Waals surface area contributed by atoms with E-state index in [-0.39, 0.29) is 18.2 Å². The summed E-state index contributed by atoms with van der Waals surface area (Å²) in [5.41, 5.74) is -0.456. The fourth-order valence-corrected chi connectivity index (χ4v) is 3.58. The fourth-order valence-electron chi connectivity index (χ4n) is 3.58. The molecule has 2 aliphatic rings. The van der Waals surface area contributed by atoms with Gasteiger partial charge in [0.2, 0.25) is 0 Å². The maximum Gasteiger partial charge on any atom is 0.410 e. The van der Waals surface area contributed by atoms with Crippen LogP contribution in [-0.4, -0.2) is 55.0 Å². The van der Waals surface area contributed by atoms with E-state index in [1.54, 1.807) is 12.0 Å². The fraction of sp³-hybridized carbons (Fsp3) is 0.941. The molecule has 1 aliphatic carbocycles. The average molecular weight is 312 g/mol. The quantitative estimate of drug-likeness (QED) is 0.867. The average Bonchev–Trinajstić information content (AvgIpc) is 3.05. The van der Waals surface area contributed by atoms with Gasteiger partial charge in [0, 0.05) is 19.7 Å². The molecule has 0 aromatic heterocycles. The standard InChI is InChI=1S/C17H32N2O3/c1-12(13-8-6-7-9-13)18-14-10-19(11-15(14)21-5)16(20)22-17(2,3)4/h12-15,18H,6-11H2,1-5H3/t12?,14?,15-/m0/s1. The van der Waals surface area contributed by atoms with E-state index in [4.69, 9.17) is 9.47 Å². The molecule has 1 saturated heterocycles. The minimum Gasteiger partial charge on any atom is -0.444 e. The lowest BCUT2D eigenvalue weighted by molar-refractivity contribution is 0.0252. The number of nitrogens with zero attached hydrogens (tertiary/aromatic N) is 1. The van der Waals surface area contributed by atoms with E-state index in [9.17, 15) is 4.79 Å². The molecule has 5 nitrogen and oxygen atoms in total. The van der Waals surface area contributed by atoms with Crippen LogP contribution in [0.4, 0.5) is 4.79 Å². The summed E-state index contributed by atoms with van der Waals surface area (Å²) in [6.45, 7) is 9.20. The molecule has 1 amide bonds. The predicted molar refractivity (Wildman–Crippen MR) is 86.9 cm³/mol. The zero-order valence-corrected chi connectivity index (χ0v) is 14.7. The highest BCUT2D eigenvalue weighted by Crippen LogP contribution is 2.28. The van der Waals surface area contributed by atoms with Gasteiger partial charge in [-0.1, -0.05) is 12.8 Å². The lowest BCUT2D eigenvalue weighted by Gasteiger charge is -2.27. The maximum absolute atomic E-state index is 12.2. The summed E-state index contributed by atoms with van der Waals surface area (Å²) < 4.78 is 11.1. The van der Waals surface area contributed by atoms with Crippen molar-refractivity contribution in [3.05, 3.63) is 0 Å². The van der Waals surface area contributed by atoms with Gasteiger partial charge in [0.25, 0.3) is 0 Å². The molecule has 1 saturated carbocycles. The number of rotatable bonds is 4. The molecular weight excluding hydrogens is 280 g/mol. The highest BCUT2D eigenvalue weighted by Gasteiger charge is 2.38. The van der Waals surface area contributed by atoms with Crippen molar-refractivity contribution in [3.63, 3.8) is 0 Å². The van der Waals surface area contributed by atoms with E-state index in [1.165, 1.54) is 25.7 Å². The van der Waals surface area contributed by atoms with Gasteiger partial charge < -0.3 is 19.7 Å². The zero-order valence-electron chi connectivity index (χ0n) is 14.7. The topological polar surface area (TPSA) is 50.8 Å². The molecule has 0 bridgehead atoms. The largest absolute Gasteiger partial charge is 0.444 e. The van der Waals surface area contributed by atoms with Gasteiger partial charge in [-0.3, -0.25) is 0 Å². The molecular formula is C17H32N2O3. The van der Waals surface area contributed by atoms with Crippen LogP contribution in [0.5, 0.6) is 0 Å². The Hall–Kier alpha value is -0.810. The molecule has 128 valence electrons. The predicted octanol–water partition coefficient (Wildman–Crippen LogP) is 2.79. The van der Waals surface area contributed by atoms with Crippen LogP contribution in [0, 0.1) is 5.92 Å². The molecule has 2 unspecified atom stereocenters. The summed E-state index contributed by atoms with van der Waals surface area (Å²) in [5.74, 6) is 0.757. The summed E-state index contributed by atoms with van der Waals surface area (Å²) in [4.78, 5) is 14.0. The molecule has 3 atom stereocenters. The van der Waals surface area contributed by atoms with Crippen LogP contribution in [0.1, 0.15) is 53.4 Å². The molecule has 2 rings (SSSR count). The Morgan fingerprint density at radius 2 is 1.86 bits per heavy atom. The molecule has 0 spiro atoms. The van der Waals surface area contributed by atoms with Crippen molar-refractivity contribution in [2.24, 2.45) is 5.92 Å². The van der Waals surface area contributed by atoms with Gasteiger partial charge in [-0.25, -0.2) is 4.79 Å². The smallest absolute Gasteiger partial charge is 0.410 e. The second kappa shape index (κ2) is 7.18. The van der Waals surface area contributed by atoms with Gasteiger partial charge in [0.1, 0.15) is 5.60 Å². The van der Waals surface area contributed by atoms with Crippen molar-refractivity contribution in [1.82, 2.24) is 10.2 Å². The van der Waals surface area contributed by atoms with Crippen LogP contribution in [0.15, 0.2) is 0 Å². The van der Waals surface area contributed by atoms with E-state index in [0.717, 1.165) is 5.92 Å². The molecule has 0 aromatic rings. The van der Waals surface area contributed by atoms with Crippen LogP contribution in [-0.2, 0) is 9.47 Å². The van der Waals surface area contributed by atoms with Gasteiger partial charge in [-0.2, -0.15) is 0 Å². The first-order valence-corrected chi connectivity index (χ1v) is 8.57. The molecule has 1 N–H and O–H groups in total. The number of methoxy groups -OCH3 is 1. The van der Waals surface area contributed by atoms with Crippen molar-refractivity contribution >= 4 is 6.09 Å². The second-order valence-corrected chi connectivity index (χ2v) is 7.77. The van der Waals surface area contributed by atoms with Gasteiger partial charge in [0.15, 0.2) is 0 Å².